The summed E-state index contributed by atoms with van der Waals surface area (Å²) in [5.41, 5.74) is 3.32. The molecule has 0 saturated heterocycles. The molecule has 2 aromatic carbocycles. The first-order chi connectivity index (χ1) is 14.5. The van der Waals surface area contributed by atoms with Crippen LogP contribution in [0.3, 0.4) is 0 Å². The van der Waals surface area contributed by atoms with E-state index in [9.17, 15) is 10.1 Å². The number of nitrogens with zero attached hydrogens (tertiary/aromatic N) is 4. The summed E-state index contributed by atoms with van der Waals surface area (Å²) in [6.07, 6.45) is 0.679. The number of amidine groups is 1. The lowest BCUT2D eigenvalue weighted by molar-refractivity contribution is -0.384. The van der Waals surface area contributed by atoms with Crippen LogP contribution in [0.4, 0.5) is 5.69 Å². The molecule has 156 valence electrons. The van der Waals surface area contributed by atoms with Gasteiger partial charge in [-0.15, -0.1) is 0 Å². The van der Waals surface area contributed by atoms with Gasteiger partial charge in [0.2, 0.25) is 0 Å². The normalized spacial score (nSPS) is 18.0. The number of non-ortho nitro benzene ring substituents is 1. The van der Waals surface area contributed by atoms with Crippen LogP contribution in [0, 0.1) is 10.1 Å². The Morgan fingerprint density at radius 3 is 2.47 bits per heavy atom. The number of hydrogen-bond donors (Lipinski definition) is 0. The van der Waals surface area contributed by atoms with Crippen molar-refractivity contribution in [2.45, 2.75) is 19.4 Å². The van der Waals surface area contributed by atoms with E-state index < -0.39 is 4.92 Å². The Morgan fingerprint density at radius 1 is 1.17 bits per heavy atom. The maximum atomic E-state index is 11.1. The van der Waals surface area contributed by atoms with Gasteiger partial charge in [-0.2, -0.15) is 5.10 Å². The lowest BCUT2D eigenvalue weighted by Crippen LogP contribution is -2.35. The average molecular weight is 410 g/mol. The first-order valence-corrected chi connectivity index (χ1v) is 9.57. The molecule has 0 radical (unpaired) electrons. The summed E-state index contributed by atoms with van der Waals surface area (Å²) < 4.78 is 16.7. The molecule has 4 rings (SSSR count). The van der Waals surface area contributed by atoms with Gasteiger partial charge in [-0.05, 0) is 43.2 Å². The molecule has 2 aliphatic rings. The van der Waals surface area contributed by atoms with Gasteiger partial charge in [0.05, 0.1) is 37.4 Å². The van der Waals surface area contributed by atoms with E-state index in [2.05, 4.69) is 4.99 Å². The number of ether oxygens (including phenoxy) is 3. The van der Waals surface area contributed by atoms with Gasteiger partial charge in [-0.25, -0.2) is 10.0 Å². The number of aliphatic imine (C=N–C) groups is 1. The van der Waals surface area contributed by atoms with Gasteiger partial charge in [-0.3, -0.25) is 10.1 Å². The first kappa shape index (κ1) is 19.7. The molecule has 30 heavy (non-hydrogen) atoms. The average Bonchev–Trinajstić information content (AvgIpc) is 3.24. The van der Waals surface area contributed by atoms with E-state index in [1.165, 1.54) is 12.1 Å². The molecule has 2 aliphatic heterocycles. The Hall–Kier alpha value is -3.62. The molecule has 9 heteroatoms. The Bertz CT molecular complexity index is 1030. The summed E-state index contributed by atoms with van der Waals surface area (Å²) in [5.74, 6) is 1.22. The highest BCUT2D eigenvalue weighted by Crippen LogP contribution is 2.35. The molecular formula is C21H22N4O5. The van der Waals surface area contributed by atoms with Gasteiger partial charge in [-0.1, -0.05) is 0 Å². The molecule has 2 heterocycles. The standard InChI is InChI=1S/C21H22N4O5/c1-13-10-15-11-18(28-2)19(29-3)12-17(15)20(23-24(13)21-22-8-9-30-21)14-4-6-16(7-5-14)25(26)27/h4-7,11-13H,8-10H2,1-3H3. The lowest BCUT2D eigenvalue weighted by atomic mass is 9.94. The van der Waals surface area contributed by atoms with Gasteiger partial charge < -0.3 is 14.2 Å². The third-order valence-corrected chi connectivity index (χ3v) is 5.12. The summed E-state index contributed by atoms with van der Waals surface area (Å²) in [6, 6.07) is 10.6. The third kappa shape index (κ3) is 3.54. The minimum absolute atomic E-state index is 0.0192. The van der Waals surface area contributed by atoms with Crippen LogP contribution < -0.4 is 9.47 Å². The summed E-state index contributed by atoms with van der Waals surface area (Å²) in [7, 11) is 3.18. The van der Waals surface area contributed by atoms with Gasteiger partial charge in [0.1, 0.15) is 6.61 Å². The molecule has 0 aromatic heterocycles. The Balaban J connectivity index is 1.89. The quantitative estimate of drug-likeness (QED) is 0.568. The van der Waals surface area contributed by atoms with Gasteiger partial charge >= 0.3 is 6.02 Å². The van der Waals surface area contributed by atoms with Crippen molar-refractivity contribution in [1.82, 2.24) is 5.01 Å². The number of rotatable bonds is 4. The van der Waals surface area contributed by atoms with E-state index >= 15 is 0 Å². The second-order valence-corrected chi connectivity index (χ2v) is 7.03. The van der Waals surface area contributed by atoms with E-state index in [1.807, 2.05) is 19.1 Å². The molecule has 0 N–H and O–H groups in total. The van der Waals surface area contributed by atoms with Crippen LogP contribution in [0.2, 0.25) is 0 Å². The Labute approximate surface area is 173 Å². The highest BCUT2D eigenvalue weighted by Gasteiger charge is 2.29. The van der Waals surface area contributed by atoms with Crippen LogP contribution in [0.25, 0.3) is 0 Å². The number of methoxy groups -OCH3 is 2. The van der Waals surface area contributed by atoms with Crippen molar-refractivity contribution in [1.29, 1.82) is 0 Å². The van der Waals surface area contributed by atoms with Crippen molar-refractivity contribution < 1.29 is 19.1 Å². The fourth-order valence-corrected chi connectivity index (χ4v) is 3.62. The monoisotopic (exact) mass is 410 g/mol. The van der Waals surface area contributed by atoms with Crippen molar-refractivity contribution >= 4 is 17.4 Å². The molecule has 0 spiro atoms. The molecule has 1 atom stereocenters. The van der Waals surface area contributed by atoms with Crippen molar-refractivity contribution in [3.63, 3.8) is 0 Å². The zero-order valence-electron chi connectivity index (χ0n) is 17.0. The molecule has 0 aliphatic carbocycles. The van der Waals surface area contributed by atoms with Crippen LogP contribution >= 0.6 is 0 Å². The fraction of sp³-hybridized carbons (Fsp3) is 0.333. The van der Waals surface area contributed by atoms with E-state index in [0.29, 0.717) is 42.8 Å². The van der Waals surface area contributed by atoms with Crippen LogP contribution in [0.5, 0.6) is 11.5 Å². The highest BCUT2D eigenvalue weighted by molar-refractivity contribution is 6.14. The number of fused-ring (bicyclic) bond motifs is 1. The molecule has 0 amide bonds. The van der Waals surface area contributed by atoms with E-state index in [1.54, 1.807) is 31.4 Å². The number of nitro groups is 1. The SMILES string of the molecule is COc1cc2c(cc1OC)C(c1ccc([N+](=O)[O-])cc1)=NN(C1=NCCO1)C(C)C2. The summed E-state index contributed by atoms with van der Waals surface area (Å²) >= 11 is 0. The van der Waals surface area contributed by atoms with Crippen LogP contribution in [0.15, 0.2) is 46.5 Å². The zero-order valence-corrected chi connectivity index (χ0v) is 17.0. The molecule has 0 saturated carbocycles. The summed E-state index contributed by atoms with van der Waals surface area (Å²) in [4.78, 5) is 15.1. The van der Waals surface area contributed by atoms with Gasteiger partial charge in [0.25, 0.3) is 5.69 Å². The summed E-state index contributed by atoms with van der Waals surface area (Å²) in [5, 5.41) is 17.7. The van der Waals surface area contributed by atoms with E-state index in [4.69, 9.17) is 19.3 Å². The summed E-state index contributed by atoms with van der Waals surface area (Å²) in [6.45, 7) is 3.16. The third-order valence-electron chi connectivity index (χ3n) is 5.12. The van der Waals surface area contributed by atoms with Crippen LogP contribution in [-0.2, 0) is 11.2 Å². The molecule has 0 fully saturated rings. The maximum Gasteiger partial charge on any atom is 0.308 e. The molecule has 1 unspecified atom stereocenters. The number of hydrogen-bond acceptors (Lipinski definition) is 8. The predicted octanol–water partition coefficient (Wildman–Crippen LogP) is 3.00. The lowest BCUT2D eigenvalue weighted by Gasteiger charge is -2.23. The number of hydrazone groups is 1. The minimum atomic E-state index is -0.421. The second kappa shape index (κ2) is 8.02. The smallest absolute Gasteiger partial charge is 0.308 e. The highest BCUT2D eigenvalue weighted by atomic mass is 16.6. The fourth-order valence-electron chi connectivity index (χ4n) is 3.62. The maximum absolute atomic E-state index is 11.1. The molecular weight excluding hydrogens is 388 g/mol. The van der Waals surface area contributed by atoms with Crippen molar-refractivity contribution in [3.8, 4) is 11.5 Å². The zero-order chi connectivity index (χ0) is 21.3. The largest absolute Gasteiger partial charge is 0.493 e. The predicted molar refractivity (Wildman–Crippen MR) is 112 cm³/mol. The van der Waals surface area contributed by atoms with E-state index in [0.717, 1.165) is 16.7 Å². The minimum Gasteiger partial charge on any atom is -0.493 e. The van der Waals surface area contributed by atoms with Crippen LogP contribution in [-0.4, -0.2) is 55.1 Å². The van der Waals surface area contributed by atoms with Crippen molar-refractivity contribution in [3.05, 3.63) is 63.2 Å². The Morgan fingerprint density at radius 2 is 1.87 bits per heavy atom. The van der Waals surface area contributed by atoms with Gasteiger partial charge in [0, 0.05) is 23.3 Å². The first-order valence-electron chi connectivity index (χ1n) is 9.57. The van der Waals surface area contributed by atoms with Crippen molar-refractivity contribution in [2.75, 3.05) is 27.4 Å². The van der Waals surface area contributed by atoms with Crippen LogP contribution in [0.1, 0.15) is 23.6 Å². The molecule has 9 nitrogen and oxygen atoms in total. The Kier molecular flexibility index (Phi) is 5.26. The number of nitro benzene ring substituents is 1. The second-order valence-electron chi connectivity index (χ2n) is 7.03. The van der Waals surface area contributed by atoms with E-state index in [-0.39, 0.29) is 11.7 Å². The topological polar surface area (TPSA) is 98.8 Å². The van der Waals surface area contributed by atoms with Crippen molar-refractivity contribution in [2.24, 2.45) is 10.1 Å². The molecule has 0 bridgehead atoms. The molecule has 2 aromatic rings. The number of benzene rings is 2. The van der Waals surface area contributed by atoms with Gasteiger partial charge in [0.15, 0.2) is 11.5 Å².